The van der Waals surface area contributed by atoms with Crippen molar-refractivity contribution in [3.8, 4) is 0 Å². The van der Waals surface area contributed by atoms with Crippen molar-refractivity contribution in [1.82, 2.24) is 4.90 Å². The van der Waals surface area contributed by atoms with Crippen molar-refractivity contribution in [2.75, 3.05) is 12.3 Å². The quantitative estimate of drug-likeness (QED) is 0.678. The number of imide groups is 1. The summed E-state index contributed by atoms with van der Waals surface area (Å²) in [6.07, 6.45) is 0.305. The second-order valence-corrected chi connectivity index (χ2v) is 6.03. The van der Waals surface area contributed by atoms with Gasteiger partial charge in [-0.25, -0.2) is 0 Å². The number of thiol groups is 1. The third-order valence-electron chi connectivity index (χ3n) is 3.61. The number of amides is 2. The summed E-state index contributed by atoms with van der Waals surface area (Å²) in [6, 6.07) is 9.90. The van der Waals surface area contributed by atoms with Crippen LogP contribution in [0.3, 0.4) is 0 Å². The van der Waals surface area contributed by atoms with Crippen LogP contribution in [0.15, 0.2) is 30.3 Å². The molecule has 1 fully saturated rings. The molecule has 0 bridgehead atoms. The molecule has 1 heterocycles. The van der Waals surface area contributed by atoms with Crippen molar-refractivity contribution < 1.29 is 9.59 Å². The van der Waals surface area contributed by atoms with Gasteiger partial charge in [0.15, 0.2) is 0 Å². The molecule has 4 heteroatoms. The Morgan fingerprint density at radius 1 is 1.26 bits per heavy atom. The molecule has 2 rings (SSSR count). The lowest BCUT2D eigenvalue weighted by molar-refractivity contribution is -0.141. The zero-order valence-corrected chi connectivity index (χ0v) is 12.2. The number of hydrogen-bond acceptors (Lipinski definition) is 3. The Balaban J connectivity index is 2.16. The van der Waals surface area contributed by atoms with E-state index in [4.69, 9.17) is 0 Å². The van der Waals surface area contributed by atoms with Crippen LogP contribution in [0.4, 0.5) is 0 Å². The molecule has 0 aromatic heterocycles. The van der Waals surface area contributed by atoms with Gasteiger partial charge in [0.2, 0.25) is 11.8 Å². The maximum atomic E-state index is 12.2. The largest absolute Gasteiger partial charge is 0.281 e. The van der Waals surface area contributed by atoms with Gasteiger partial charge in [-0.1, -0.05) is 44.2 Å². The monoisotopic (exact) mass is 277 g/mol. The summed E-state index contributed by atoms with van der Waals surface area (Å²) < 4.78 is 0. The predicted octanol–water partition coefficient (Wildman–Crippen LogP) is 2.49. The molecule has 0 saturated carbocycles. The number of benzene rings is 1. The van der Waals surface area contributed by atoms with Gasteiger partial charge in [0, 0.05) is 18.9 Å². The second-order valence-electron chi connectivity index (χ2n) is 5.66. The first-order chi connectivity index (χ1) is 8.95. The summed E-state index contributed by atoms with van der Waals surface area (Å²) in [7, 11) is 0. The van der Waals surface area contributed by atoms with Gasteiger partial charge in [-0.3, -0.25) is 14.5 Å². The molecule has 1 aromatic carbocycles. The SMILES string of the molecule is CC1(C)CC(=O)N(CC(CS)c2ccccc2)C1=O. The fourth-order valence-electron chi connectivity index (χ4n) is 2.43. The molecule has 1 aliphatic rings. The third-order valence-corrected chi connectivity index (χ3v) is 4.05. The van der Waals surface area contributed by atoms with E-state index in [1.807, 2.05) is 44.2 Å². The molecule has 102 valence electrons. The van der Waals surface area contributed by atoms with E-state index in [-0.39, 0.29) is 17.7 Å². The van der Waals surface area contributed by atoms with E-state index in [2.05, 4.69) is 12.6 Å². The maximum absolute atomic E-state index is 12.2. The zero-order valence-electron chi connectivity index (χ0n) is 11.3. The van der Waals surface area contributed by atoms with Gasteiger partial charge in [-0.05, 0) is 11.3 Å². The molecule has 1 atom stereocenters. The van der Waals surface area contributed by atoms with Crippen LogP contribution >= 0.6 is 12.6 Å². The summed E-state index contributed by atoms with van der Waals surface area (Å²) in [5, 5.41) is 0. The third kappa shape index (κ3) is 2.84. The van der Waals surface area contributed by atoms with Crippen molar-refractivity contribution in [2.45, 2.75) is 26.2 Å². The Kier molecular flexibility index (Phi) is 3.99. The summed E-state index contributed by atoms with van der Waals surface area (Å²) in [6.45, 7) is 4.07. The highest BCUT2D eigenvalue weighted by molar-refractivity contribution is 7.80. The Morgan fingerprint density at radius 3 is 2.37 bits per heavy atom. The molecule has 3 nitrogen and oxygen atoms in total. The van der Waals surface area contributed by atoms with Crippen molar-refractivity contribution in [3.05, 3.63) is 35.9 Å². The number of carbonyl (C=O) groups excluding carboxylic acids is 2. The molecule has 0 aliphatic carbocycles. The van der Waals surface area contributed by atoms with Crippen molar-refractivity contribution in [2.24, 2.45) is 5.41 Å². The summed E-state index contributed by atoms with van der Waals surface area (Å²) >= 11 is 4.35. The highest BCUT2D eigenvalue weighted by Gasteiger charge is 2.45. The predicted molar refractivity (Wildman–Crippen MR) is 78.2 cm³/mol. The number of likely N-dealkylation sites (tertiary alicyclic amines) is 1. The molecule has 1 saturated heterocycles. The lowest BCUT2D eigenvalue weighted by Crippen LogP contribution is -2.36. The van der Waals surface area contributed by atoms with Crippen molar-refractivity contribution >= 4 is 24.4 Å². The first-order valence-electron chi connectivity index (χ1n) is 6.46. The van der Waals surface area contributed by atoms with Gasteiger partial charge in [-0.2, -0.15) is 12.6 Å². The minimum atomic E-state index is -0.561. The fraction of sp³-hybridized carbons (Fsp3) is 0.467. The Labute approximate surface area is 119 Å². The summed E-state index contributed by atoms with van der Waals surface area (Å²) in [5.41, 5.74) is 0.553. The fourth-order valence-corrected chi connectivity index (χ4v) is 2.75. The van der Waals surface area contributed by atoms with E-state index in [1.165, 1.54) is 4.90 Å². The molecule has 0 radical (unpaired) electrons. The van der Waals surface area contributed by atoms with Gasteiger partial charge in [0.05, 0.1) is 5.41 Å². The lowest BCUT2D eigenvalue weighted by atomic mass is 9.92. The van der Waals surface area contributed by atoms with Gasteiger partial charge in [0.25, 0.3) is 0 Å². The average Bonchev–Trinajstić information content (AvgIpc) is 2.58. The summed E-state index contributed by atoms with van der Waals surface area (Å²) in [4.78, 5) is 25.6. The van der Waals surface area contributed by atoms with Crippen LogP contribution < -0.4 is 0 Å². The summed E-state index contributed by atoms with van der Waals surface area (Å²) in [5.74, 6) is 0.561. The number of nitrogens with zero attached hydrogens (tertiary/aromatic N) is 1. The van der Waals surface area contributed by atoms with Crippen LogP contribution in [-0.4, -0.2) is 29.0 Å². The van der Waals surface area contributed by atoms with E-state index >= 15 is 0 Å². The molecule has 19 heavy (non-hydrogen) atoms. The molecular formula is C15H19NO2S. The lowest BCUT2D eigenvalue weighted by Gasteiger charge is -2.23. The van der Waals surface area contributed by atoms with Crippen LogP contribution in [0.1, 0.15) is 31.7 Å². The van der Waals surface area contributed by atoms with Gasteiger partial charge < -0.3 is 0 Å². The van der Waals surface area contributed by atoms with Crippen molar-refractivity contribution in [3.63, 3.8) is 0 Å². The maximum Gasteiger partial charge on any atom is 0.235 e. The normalized spacial score (nSPS) is 19.8. The Hall–Kier alpha value is -1.29. The van der Waals surface area contributed by atoms with Gasteiger partial charge in [0.1, 0.15) is 0 Å². The molecule has 1 unspecified atom stereocenters. The Morgan fingerprint density at radius 2 is 1.89 bits per heavy atom. The second kappa shape index (κ2) is 5.37. The van der Waals surface area contributed by atoms with E-state index in [0.29, 0.717) is 18.7 Å². The molecule has 2 amide bonds. The molecule has 1 aromatic rings. The van der Waals surface area contributed by atoms with Gasteiger partial charge >= 0.3 is 0 Å². The van der Waals surface area contributed by atoms with Crippen LogP contribution in [0, 0.1) is 5.41 Å². The van der Waals surface area contributed by atoms with Crippen LogP contribution in [0.5, 0.6) is 0 Å². The minimum absolute atomic E-state index is 0.0692. The first-order valence-corrected chi connectivity index (χ1v) is 7.09. The average molecular weight is 277 g/mol. The Bertz CT molecular complexity index is 484. The zero-order chi connectivity index (χ0) is 14.0. The van der Waals surface area contributed by atoms with E-state index < -0.39 is 5.41 Å². The molecule has 1 aliphatic heterocycles. The van der Waals surface area contributed by atoms with E-state index in [1.54, 1.807) is 0 Å². The molecule has 0 spiro atoms. The first kappa shape index (κ1) is 14.1. The number of hydrogen-bond donors (Lipinski definition) is 1. The highest BCUT2D eigenvalue weighted by atomic mass is 32.1. The van der Waals surface area contributed by atoms with E-state index in [0.717, 1.165) is 5.56 Å². The minimum Gasteiger partial charge on any atom is -0.281 e. The van der Waals surface area contributed by atoms with Crippen LogP contribution in [-0.2, 0) is 9.59 Å². The van der Waals surface area contributed by atoms with Crippen LogP contribution in [0.25, 0.3) is 0 Å². The smallest absolute Gasteiger partial charge is 0.235 e. The number of carbonyl (C=O) groups is 2. The molecular weight excluding hydrogens is 258 g/mol. The standard InChI is InChI=1S/C15H19NO2S/c1-15(2)8-13(17)16(14(15)18)9-12(10-19)11-6-4-3-5-7-11/h3-7,12,19H,8-10H2,1-2H3. The highest BCUT2D eigenvalue weighted by Crippen LogP contribution is 2.33. The van der Waals surface area contributed by atoms with Crippen molar-refractivity contribution in [1.29, 1.82) is 0 Å². The number of rotatable bonds is 4. The molecule has 0 N–H and O–H groups in total. The van der Waals surface area contributed by atoms with Crippen LogP contribution in [0.2, 0.25) is 0 Å². The van der Waals surface area contributed by atoms with Gasteiger partial charge in [-0.15, -0.1) is 0 Å². The van der Waals surface area contributed by atoms with E-state index in [9.17, 15) is 9.59 Å². The topological polar surface area (TPSA) is 37.4 Å².